The van der Waals surface area contributed by atoms with E-state index in [2.05, 4.69) is 5.10 Å². The van der Waals surface area contributed by atoms with Gasteiger partial charge in [-0.15, -0.1) is 0 Å². The smallest absolute Gasteiger partial charge is 0.310 e. The zero-order valence-electron chi connectivity index (χ0n) is 17.1. The molecule has 1 heterocycles. The highest BCUT2D eigenvalue weighted by Crippen LogP contribution is 2.25. The molecule has 160 valence electrons. The van der Waals surface area contributed by atoms with Crippen LogP contribution in [0, 0.1) is 10.1 Å². The third-order valence-electron chi connectivity index (χ3n) is 4.63. The van der Waals surface area contributed by atoms with Crippen molar-refractivity contribution in [2.45, 2.75) is 19.9 Å². The first kappa shape index (κ1) is 21.7. The van der Waals surface area contributed by atoms with E-state index in [0.29, 0.717) is 16.9 Å². The molecule has 3 rings (SSSR count). The van der Waals surface area contributed by atoms with E-state index >= 15 is 0 Å². The van der Waals surface area contributed by atoms with E-state index in [0.717, 1.165) is 5.56 Å². The minimum absolute atomic E-state index is 0.123. The van der Waals surface area contributed by atoms with Crippen LogP contribution in [0.4, 0.5) is 5.69 Å². The summed E-state index contributed by atoms with van der Waals surface area (Å²) in [6.45, 7) is 2.04. The van der Waals surface area contributed by atoms with E-state index in [1.54, 1.807) is 32.2 Å². The molecule has 9 heteroatoms. The Labute approximate surface area is 178 Å². The van der Waals surface area contributed by atoms with Crippen LogP contribution in [-0.4, -0.2) is 34.4 Å². The lowest BCUT2D eigenvalue weighted by molar-refractivity contribution is -0.384. The van der Waals surface area contributed by atoms with E-state index < -0.39 is 16.5 Å². The fourth-order valence-corrected chi connectivity index (χ4v) is 3.11. The zero-order chi connectivity index (χ0) is 22.4. The van der Waals surface area contributed by atoms with E-state index in [4.69, 9.17) is 9.47 Å². The Morgan fingerprint density at radius 2 is 1.94 bits per heavy atom. The number of rotatable bonds is 8. The molecule has 0 spiro atoms. The highest BCUT2D eigenvalue weighted by Gasteiger charge is 2.19. The van der Waals surface area contributed by atoms with Crippen molar-refractivity contribution in [2.75, 3.05) is 13.7 Å². The van der Waals surface area contributed by atoms with Gasteiger partial charge in [-0.1, -0.05) is 24.3 Å². The quantitative estimate of drug-likeness (QED) is 0.311. The predicted molar refractivity (Wildman–Crippen MR) is 113 cm³/mol. The van der Waals surface area contributed by atoms with Crippen LogP contribution in [0.2, 0.25) is 0 Å². The van der Waals surface area contributed by atoms with Crippen molar-refractivity contribution in [3.05, 3.63) is 86.3 Å². The first-order valence-corrected chi connectivity index (χ1v) is 9.55. The average molecular weight is 423 g/mol. The van der Waals surface area contributed by atoms with Crippen molar-refractivity contribution in [1.29, 1.82) is 0 Å². The molecule has 0 aliphatic heterocycles. The topological polar surface area (TPSA) is 114 Å². The van der Waals surface area contributed by atoms with Crippen molar-refractivity contribution >= 4 is 11.7 Å². The Morgan fingerprint density at radius 1 is 1.19 bits per heavy atom. The molecule has 9 nitrogen and oxygen atoms in total. The predicted octanol–water partition coefficient (Wildman–Crippen LogP) is 2.98. The van der Waals surface area contributed by atoms with Crippen molar-refractivity contribution < 1.29 is 19.2 Å². The number of nitro benzene ring substituents is 1. The summed E-state index contributed by atoms with van der Waals surface area (Å²) in [7, 11) is 1.56. The van der Waals surface area contributed by atoms with Gasteiger partial charge in [-0.3, -0.25) is 19.7 Å². The highest BCUT2D eigenvalue weighted by molar-refractivity contribution is 5.77. The van der Waals surface area contributed by atoms with Gasteiger partial charge in [-0.05, 0) is 30.2 Å². The summed E-state index contributed by atoms with van der Waals surface area (Å²) in [6.07, 6.45) is 1.17. The van der Waals surface area contributed by atoms with Gasteiger partial charge in [0.1, 0.15) is 5.75 Å². The van der Waals surface area contributed by atoms with Gasteiger partial charge in [0.25, 0.3) is 11.2 Å². The van der Waals surface area contributed by atoms with Gasteiger partial charge >= 0.3 is 5.97 Å². The van der Waals surface area contributed by atoms with Crippen molar-refractivity contribution in [3.63, 3.8) is 0 Å². The summed E-state index contributed by atoms with van der Waals surface area (Å²) < 4.78 is 11.4. The summed E-state index contributed by atoms with van der Waals surface area (Å²) in [5.41, 5.74) is 1.18. The largest absolute Gasteiger partial charge is 0.497 e. The molecule has 0 unspecified atom stereocenters. The van der Waals surface area contributed by atoms with Gasteiger partial charge < -0.3 is 9.47 Å². The molecule has 0 bridgehead atoms. The number of methoxy groups -OCH3 is 1. The number of benzene rings is 2. The first-order valence-electron chi connectivity index (χ1n) is 9.55. The SMILES string of the molecule is CCOC(=O)Cc1c(-c2cccc([N+](=O)[O-])c2)cnn(Cc2ccc(OC)cc2)c1=O. The normalized spacial score (nSPS) is 10.5. The number of non-ortho nitro benzene ring substituents is 1. The van der Waals surface area contributed by atoms with Crippen LogP contribution in [-0.2, 0) is 22.5 Å². The third-order valence-corrected chi connectivity index (χ3v) is 4.63. The van der Waals surface area contributed by atoms with Crippen LogP contribution in [0.3, 0.4) is 0 Å². The Morgan fingerprint density at radius 3 is 2.58 bits per heavy atom. The fraction of sp³-hybridized carbons (Fsp3) is 0.227. The molecule has 3 aromatic rings. The molecule has 0 atom stereocenters. The van der Waals surface area contributed by atoms with Crippen LogP contribution < -0.4 is 10.3 Å². The second-order valence-corrected chi connectivity index (χ2v) is 6.64. The Bertz CT molecular complexity index is 1150. The molecular weight excluding hydrogens is 402 g/mol. The molecule has 0 fully saturated rings. The molecular formula is C22H21N3O6. The van der Waals surface area contributed by atoms with Crippen LogP contribution in [0.15, 0.2) is 59.5 Å². The Kier molecular flexibility index (Phi) is 6.76. The zero-order valence-corrected chi connectivity index (χ0v) is 17.1. The summed E-state index contributed by atoms with van der Waals surface area (Å²) in [4.78, 5) is 36.0. The van der Waals surface area contributed by atoms with E-state index in [9.17, 15) is 19.7 Å². The molecule has 1 aromatic heterocycles. The number of ether oxygens (including phenoxy) is 2. The highest BCUT2D eigenvalue weighted by atomic mass is 16.6. The molecule has 0 amide bonds. The first-order chi connectivity index (χ1) is 14.9. The molecule has 2 aromatic carbocycles. The van der Waals surface area contributed by atoms with Crippen LogP contribution in [0.1, 0.15) is 18.1 Å². The minimum Gasteiger partial charge on any atom is -0.497 e. The molecule has 0 N–H and O–H groups in total. The molecule has 0 radical (unpaired) electrons. The second-order valence-electron chi connectivity index (χ2n) is 6.64. The van der Waals surface area contributed by atoms with Crippen molar-refractivity contribution in [2.24, 2.45) is 0 Å². The number of esters is 1. The second kappa shape index (κ2) is 9.66. The molecule has 0 aliphatic rings. The van der Waals surface area contributed by atoms with E-state index in [-0.39, 0.29) is 30.8 Å². The Hall–Kier alpha value is -4.01. The molecule has 0 saturated heterocycles. The standard InChI is InChI=1S/C22H21N3O6/c1-3-31-21(26)12-19-20(16-5-4-6-17(11-16)25(28)29)13-23-24(22(19)27)14-15-7-9-18(30-2)10-8-15/h4-11,13H,3,12,14H2,1-2H3. The number of aromatic nitrogens is 2. The van der Waals surface area contributed by atoms with Gasteiger partial charge in [-0.2, -0.15) is 5.10 Å². The fourth-order valence-electron chi connectivity index (χ4n) is 3.11. The summed E-state index contributed by atoms with van der Waals surface area (Å²) in [5, 5.41) is 15.4. The number of nitro groups is 1. The number of hydrogen-bond acceptors (Lipinski definition) is 7. The van der Waals surface area contributed by atoms with Gasteiger partial charge in [0.15, 0.2) is 0 Å². The maximum atomic E-state index is 13.2. The van der Waals surface area contributed by atoms with E-state index in [1.165, 1.54) is 29.1 Å². The van der Waals surface area contributed by atoms with E-state index in [1.807, 2.05) is 12.1 Å². The Balaban J connectivity index is 2.05. The van der Waals surface area contributed by atoms with Gasteiger partial charge in [0.05, 0.1) is 37.8 Å². The van der Waals surface area contributed by atoms with Crippen molar-refractivity contribution in [1.82, 2.24) is 9.78 Å². The number of carbonyl (C=O) groups is 1. The maximum absolute atomic E-state index is 13.2. The number of hydrogen-bond donors (Lipinski definition) is 0. The van der Waals surface area contributed by atoms with Gasteiger partial charge in [0.2, 0.25) is 0 Å². The average Bonchev–Trinajstić information content (AvgIpc) is 2.77. The third kappa shape index (κ3) is 5.13. The van der Waals surface area contributed by atoms with Crippen molar-refractivity contribution in [3.8, 4) is 16.9 Å². The lowest BCUT2D eigenvalue weighted by atomic mass is 10.0. The van der Waals surface area contributed by atoms with Gasteiger partial charge in [0, 0.05) is 23.3 Å². The molecule has 31 heavy (non-hydrogen) atoms. The summed E-state index contributed by atoms with van der Waals surface area (Å²) in [5.74, 6) is 0.126. The minimum atomic E-state index is -0.562. The number of carbonyl (C=O) groups excluding carboxylic acids is 1. The molecule has 0 aliphatic carbocycles. The molecule has 0 saturated carbocycles. The number of nitrogens with zero attached hydrogens (tertiary/aromatic N) is 3. The van der Waals surface area contributed by atoms with Crippen LogP contribution in [0.25, 0.3) is 11.1 Å². The van der Waals surface area contributed by atoms with Crippen LogP contribution in [0.5, 0.6) is 5.75 Å². The van der Waals surface area contributed by atoms with Gasteiger partial charge in [-0.25, -0.2) is 4.68 Å². The van der Waals surface area contributed by atoms with Crippen LogP contribution >= 0.6 is 0 Å². The lowest BCUT2D eigenvalue weighted by Gasteiger charge is -2.12. The lowest BCUT2D eigenvalue weighted by Crippen LogP contribution is -2.29. The monoisotopic (exact) mass is 423 g/mol. The maximum Gasteiger partial charge on any atom is 0.310 e. The summed E-state index contributed by atoms with van der Waals surface area (Å²) >= 11 is 0. The summed E-state index contributed by atoms with van der Waals surface area (Å²) in [6, 6.07) is 13.0.